The summed E-state index contributed by atoms with van der Waals surface area (Å²) in [4.78, 5) is 4.38. The van der Waals surface area contributed by atoms with Gasteiger partial charge in [0, 0.05) is 32.2 Å². The van der Waals surface area contributed by atoms with Gasteiger partial charge in [0.2, 0.25) is 0 Å². The van der Waals surface area contributed by atoms with E-state index in [9.17, 15) is 0 Å². The summed E-state index contributed by atoms with van der Waals surface area (Å²) in [5.41, 5.74) is 1.16. The van der Waals surface area contributed by atoms with Gasteiger partial charge in [-0.05, 0) is 57.6 Å². The zero-order valence-electron chi connectivity index (χ0n) is 17.9. The fourth-order valence-corrected chi connectivity index (χ4v) is 3.41. The van der Waals surface area contributed by atoms with Crippen molar-refractivity contribution in [1.29, 1.82) is 0 Å². The second-order valence-electron chi connectivity index (χ2n) is 7.49. The summed E-state index contributed by atoms with van der Waals surface area (Å²) in [5.74, 6) is 2.44. The Morgan fingerprint density at radius 3 is 2.72 bits per heavy atom. The molecular weight excluding hydrogens is 481 g/mol. The summed E-state index contributed by atoms with van der Waals surface area (Å²) in [5, 5.41) is 7.96. The van der Waals surface area contributed by atoms with Crippen LogP contribution < -0.4 is 15.4 Å². The summed E-state index contributed by atoms with van der Waals surface area (Å²) < 4.78 is 17.3. The summed E-state index contributed by atoms with van der Waals surface area (Å²) in [6, 6.07) is 8.02. The number of hydrogen-bond donors (Lipinski definition) is 2. The van der Waals surface area contributed by atoms with Gasteiger partial charge in [0.25, 0.3) is 0 Å². The first kappa shape index (κ1) is 23.8. The number of nitrogens with zero attached hydrogens (tertiary/aromatic N) is 1. The Bertz CT molecular complexity index is 802. The van der Waals surface area contributed by atoms with Crippen LogP contribution >= 0.6 is 24.0 Å². The predicted molar refractivity (Wildman–Crippen MR) is 128 cm³/mol. The van der Waals surface area contributed by atoms with E-state index in [1.807, 2.05) is 32.0 Å². The maximum Gasteiger partial charge on any atom is 0.191 e. The van der Waals surface area contributed by atoms with Gasteiger partial charge in [-0.25, -0.2) is 0 Å². The highest BCUT2D eigenvalue weighted by molar-refractivity contribution is 14.0. The topological polar surface area (TPSA) is 68.0 Å². The third-order valence-electron chi connectivity index (χ3n) is 5.40. The summed E-state index contributed by atoms with van der Waals surface area (Å²) in [6.07, 6.45) is 3.61. The summed E-state index contributed by atoms with van der Waals surface area (Å²) in [7, 11) is 1.80. The van der Waals surface area contributed by atoms with E-state index >= 15 is 0 Å². The number of halogens is 1. The molecule has 0 amide bonds. The lowest BCUT2D eigenvalue weighted by Crippen LogP contribution is -2.41. The number of fused-ring (bicyclic) bond motifs is 1. The van der Waals surface area contributed by atoms with Crippen molar-refractivity contribution in [3.8, 4) is 5.75 Å². The van der Waals surface area contributed by atoms with Crippen molar-refractivity contribution >= 4 is 40.9 Å². The Labute approximate surface area is 190 Å². The molecule has 0 spiro atoms. The number of para-hydroxylation sites is 1. The van der Waals surface area contributed by atoms with Crippen LogP contribution in [0.15, 0.2) is 33.7 Å². The second-order valence-corrected chi connectivity index (χ2v) is 7.49. The van der Waals surface area contributed by atoms with Crippen molar-refractivity contribution < 1.29 is 13.9 Å². The molecule has 2 N–H and O–H groups in total. The number of benzene rings is 1. The maximum atomic E-state index is 6.10. The van der Waals surface area contributed by atoms with E-state index in [0.717, 1.165) is 54.6 Å². The fraction of sp³-hybridized carbons (Fsp3) is 0.591. The highest BCUT2D eigenvalue weighted by Gasteiger charge is 2.42. The van der Waals surface area contributed by atoms with Crippen molar-refractivity contribution in [1.82, 2.24) is 10.6 Å². The minimum Gasteiger partial charge on any atom is -0.490 e. The molecule has 0 aliphatic heterocycles. The normalized spacial score (nSPS) is 16.2. The highest BCUT2D eigenvalue weighted by atomic mass is 127. The average molecular weight is 515 g/mol. The van der Waals surface area contributed by atoms with Crippen molar-refractivity contribution in [2.45, 2.75) is 46.1 Å². The van der Waals surface area contributed by atoms with Gasteiger partial charge in [0.1, 0.15) is 5.76 Å². The van der Waals surface area contributed by atoms with Crippen LogP contribution in [0.2, 0.25) is 0 Å². The van der Waals surface area contributed by atoms with Gasteiger partial charge in [-0.3, -0.25) is 4.99 Å². The molecule has 0 saturated heterocycles. The molecular formula is C22H34IN3O3. The van der Waals surface area contributed by atoms with E-state index in [1.165, 1.54) is 12.8 Å². The molecule has 1 fully saturated rings. The molecule has 1 aromatic heterocycles. The molecule has 3 rings (SSSR count). The number of ether oxygens (including phenoxy) is 2. The van der Waals surface area contributed by atoms with Crippen LogP contribution in [0.3, 0.4) is 0 Å². The second kappa shape index (κ2) is 11.1. The van der Waals surface area contributed by atoms with Crippen LogP contribution in [-0.2, 0) is 4.74 Å². The zero-order chi connectivity index (χ0) is 20.0. The van der Waals surface area contributed by atoms with Gasteiger partial charge >= 0.3 is 0 Å². The third-order valence-corrected chi connectivity index (χ3v) is 5.40. The molecule has 29 heavy (non-hydrogen) atoms. The van der Waals surface area contributed by atoms with Gasteiger partial charge in [0.15, 0.2) is 17.3 Å². The first-order valence-electron chi connectivity index (χ1n) is 10.3. The highest BCUT2D eigenvalue weighted by Crippen LogP contribution is 2.48. The van der Waals surface area contributed by atoms with Crippen LogP contribution in [0.4, 0.5) is 0 Å². The van der Waals surface area contributed by atoms with Crippen LogP contribution in [0.5, 0.6) is 5.75 Å². The smallest absolute Gasteiger partial charge is 0.191 e. The van der Waals surface area contributed by atoms with Gasteiger partial charge in [-0.15, -0.1) is 24.0 Å². The minimum atomic E-state index is -0.00773. The van der Waals surface area contributed by atoms with Gasteiger partial charge in [0.05, 0.1) is 12.6 Å². The molecule has 0 bridgehead atoms. The molecule has 1 atom stereocenters. The SMILES string of the molecule is CCOCCC1(CNC(=NC)NC(C)c2cc3cccc(OCC)c3o2)CC1.I. The van der Waals surface area contributed by atoms with E-state index in [2.05, 4.69) is 28.6 Å². The number of hydrogen-bond acceptors (Lipinski definition) is 4. The first-order valence-corrected chi connectivity index (χ1v) is 10.3. The number of nitrogens with one attached hydrogen (secondary N) is 2. The molecule has 7 heteroatoms. The van der Waals surface area contributed by atoms with Gasteiger partial charge in [-0.2, -0.15) is 0 Å². The molecule has 162 valence electrons. The standard InChI is InChI=1S/C22H33N3O3.HI/c1-5-26-13-12-22(10-11-22)15-24-21(23-4)25-16(3)19-14-17-8-7-9-18(27-6-2)20(17)28-19;/h7-9,14,16H,5-6,10-13,15H2,1-4H3,(H2,23,24,25);1H. The Hall–Kier alpha value is -1.48. The van der Waals surface area contributed by atoms with Crippen molar-refractivity contribution in [3.05, 3.63) is 30.0 Å². The van der Waals surface area contributed by atoms with Crippen molar-refractivity contribution in [3.63, 3.8) is 0 Å². The molecule has 1 aromatic carbocycles. The van der Waals surface area contributed by atoms with E-state index < -0.39 is 0 Å². The van der Waals surface area contributed by atoms with E-state index in [0.29, 0.717) is 12.0 Å². The lowest BCUT2D eigenvalue weighted by atomic mass is 10.0. The van der Waals surface area contributed by atoms with Gasteiger partial charge < -0.3 is 24.5 Å². The molecule has 2 aromatic rings. The molecule has 0 radical (unpaired) electrons. The van der Waals surface area contributed by atoms with Gasteiger partial charge in [-0.1, -0.05) is 12.1 Å². The first-order chi connectivity index (χ1) is 13.6. The largest absolute Gasteiger partial charge is 0.490 e. The molecule has 1 aliphatic rings. The minimum absolute atomic E-state index is 0. The molecule has 1 aliphatic carbocycles. The Balaban J connectivity index is 0.00000300. The fourth-order valence-electron chi connectivity index (χ4n) is 3.41. The Morgan fingerprint density at radius 1 is 1.28 bits per heavy atom. The monoisotopic (exact) mass is 515 g/mol. The summed E-state index contributed by atoms with van der Waals surface area (Å²) in [6.45, 7) is 9.25. The number of aliphatic imine (C=N–C) groups is 1. The Kier molecular flexibility index (Phi) is 9.07. The van der Waals surface area contributed by atoms with Crippen LogP contribution in [0.1, 0.15) is 51.8 Å². The van der Waals surface area contributed by atoms with E-state index in [1.54, 1.807) is 7.05 Å². The molecule has 1 saturated carbocycles. The molecule has 1 unspecified atom stereocenters. The predicted octanol–water partition coefficient (Wildman–Crippen LogP) is 4.88. The summed E-state index contributed by atoms with van der Waals surface area (Å²) >= 11 is 0. The van der Waals surface area contributed by atoms with Crippen molar-refractivity contribution in [2.24, 2.45) is 10.4 Å². The molecule has 1 heterocycles. The number of guanidine groups is 1. The number of rotatable bonds is 10. The van der Waals surface area contributed by atoms with Crippen LogP contribution in [-0.4, -0.2) is 39.4 Å². The maximum absolute atomic E-state index is 6.10. The Morgan fingerprint density at radius 2 is 2.07 bits per heavy atom. The lowest BCUT2D eigenvalue weighted by Gasteiger charge is -2.20. The van der Waals surface area contributed by atoms with Crippen molar-refractivity contribution in [2.75, 3.05) is 33.4 Å². The zero-order valence-corrected chi connectivity index (χ0v) is 20.2. The van der Waals surface area contributed by atoms with E-state index in [-0.39, 0.29) is 30.0 Å². The number of furan rings is 1. The average Bonchev–Trinajstić information content (AvgIpc) is 3.32. The quantitative estimate of drug-likeness (QED) is 0.204. The van der Waals surface area contributed by atoms with E-state index in [4.69, 9.17) is 13.9 Å². The lowest BCUT2D eigenvalue weighted by molar-refractivity contribution is 0.128. The van der Waals surface area contributed by atoms with Crippen LogP contribution in [0, 0.1) is 5.41 Å². The molecule has 6 nitrogen and oxygen atoms in total. The van der Waals surface area contributed by atoms with Crippen LogP contribution in [0.25, 0.3) is 11.0 Å². The third kappa shape index (κ3) is 6.25.